The van der Waals surface area contributed by atoms with Crippen LogP contribution in [0.2, 0.25) is 5.02 Å². The molecule has 0 saturated carbocycles. The molecule has 1 aliphatic heterocycles. The van der Waals surface area contributed by atoms with Gasteiger partial charge in [0, 0.05) is 30.7 Å². The molecule has 1 amide bonds. The fourth-order valence-corrected chi connectivity index (χ4v) is 4.24. The van der Waals surface area contributed by atoms with Gasteiger partial charge < -0.3 is 15.0 Å². The van der Waals surface area contributed by atoms with Crippen LogP contribution in [-0.4, -0.2) is 43.2 Å². The Morgan fingerprint density at radius 1 is 1.13 bits per heavy atom. The van der Waals surface area contributed by atoms with Crippen LogP contribution >= 0.6 is 11.6 Å². The van der Waals surface area contributed by atoms with Crippen LogP contribution in [-0.2, 0) is 16.0 Å². The van der Waals surface area contributed by atoms with Crippen molar-refractivity contribution in [3.63, 3.8) is 0 Å². The van der Waals surface area contributed by atoms with Crippen molar-refractivity contribution in [3.05, 3.63) is 82.9 Å². The van der Waals surface area contributed by atoms with Crippen LogP contribution < -0.4 is 5.32 Å². The van der Waals surface area contributed by atoms with Gasteiger partial charge in [-0.2, -0.15) is 0 Å². The van der Waals surface area contributed by atoms with Crippen molar-refractivity contribution in [1.29, 1.82) is 0 Å². The molecule has 3 aromatic carbocycles. The normalized spacial score (nSPS) is 18.0. The first-order chi connectivity index (χ1) is 14.6. The number of halogens is 1. The maximum Gasteiger partial charge on any atom is 0.248 e. The van der Waals surface area contributed by atoms with Crippen molar-refractivity contribution in [1.82, 2.24) is 10.2 Å². The molecule has 0 radical (unpaired) electrons. The second kappa shape index (κ2) is 9.61. The van der Waals surface area contributed by atoms with Crippen LogP contribution in [0.25, 0.3) is 10.8 Å². The molecule has 3 aromatic rings. The van der Waals surface area contributed by atoms with E-state index < -0.39 is 0 Å². The van der Waals surface area contributed by atoms with Crippen LogP contribution in [0.1, 0.15) is 24.1 Å². The predicted molar refractivity (Wildman–Crippen MR) is 122 cm³/mol. The van der Waals surface area contributed by atoms with Gasteiger partial charge in [-0.05, 0) is 47.4 Å². The minimum atomic E-state index is -0.0144. The van der Waals surface area contributed by atoms with E-state index in [0.29, 0.717) is 19.6 Å². The quantitative estimate of drug-likeness (QED) is 0.604. The maximum absolute atomic E-state index is 12.3. The molecule has 1 saturated heterocycles. The van der Waals surface area contributed by atoms with Gasteiger partial charge in [0.05, 0.1) is 6.10 Å². The van der Waals surface area contributed by atoms with Crippen LogP contribution in [0.4, 0.5) is 0 Å². The highest BCUT2D eigenvalue weighted by Crippen LogP contribution is 2.24. The average molecular weight is 423 g/mol. The third-order valence-electron chi connectivity index (χ3n) is 5.72. The molecule has 1 fully saturated rings. The Balaban J connectivity index is 1.33. The summed E-state index contributed by atoms with van der Waals surface area (Å²) in [6, 6.07) is 22.8. The molecule has 1 N–H and O–H groups in total. The zero-order valence-electron chi connectivity index (χ0n) is 17.2. The number of benzene rings is 3. The van der Waals surface area contributed by atoms with E-state index in [-0.39, 0.29) is 24.7 Å². The number of carbonyl (C=O) groups is 1. The molecule has 0 aromatic heterocycles. The van der Waals surface area contributed by atoms with Gasteiger partial charge in [0.15, 0.2) is 0 Å². The SMILES string of the molecule is C[C@@H](NCC1CN(CCc2cccc(Cl)c2)C(=O)CO1)c1cccc2ccccc12. The zero-order valence-corrected chi connectivity index (χ0v) is 17.9. The van der Waals surface area contributed by atoms with Crippen molar-refractivity contribution >= 4 is 28.3 Å². The van der Waals surface area contributed by atoms with E-state index in [4.69, 9.17) is 16.3 Å². The highest BCUT2D eigenvalue weighted by atomic mass is 35.5. The molecule has 30 heavy (non-hydrogen) atoms. The van der Waals surface area contributed by atoms with Crippen LogP contribution in [0.5, 0.6) is 0 Å². The molecular formula is C25H27ClN2O2. The molecule has 0 spiro atoms. The van der Waals surface area contributed by atoms with Crippen molar-refractivity contribution in [3.8, 4) is 0 Å². The highest BCUT2D eigenvalue weighted by Gasteiger charge is 2.26. The lowest BCUT2D eigenvalue weighted by atomic mass is 9.99. The van der Waals surface area contributed by atoms with E-state index in [2.05, 4.69) is 54.7 Å². The van der Waals surface area contributed by atoms with Gasteiger partial charge in [-0.1, -0.05) is 66.2 Å². The van der Waals surface area contributed by atoms with Gasteiger partial charge in [0.2, 0.25) is 5.91 Å². The van der Waals surface area contributed by atoms with Crippen molar-refractivity contribution in [2.75, 3.05) is 26.2 Å². The fourth-order valence-electron chi connectivity index (χ4n) is 4.02. The Bertz CT molecular complexity index is 1020. The lowest BCUT2D eigenvalue weighted by Gasteiger charge is -2.33. The first-order valence-corrected chi connectivity index (χ1v) is 10.8. The number of rotatable bonds is 7. The molecule has 156 valence electrons. The summed E-state index contributed by atoms with van der Waals surface area (Å²) in [6.45, 7) is 4.30. The predicted octanol–water partition coefficient (Wildman–Crippen LogP) is 4.61. The molecule has 4 rings (SSSR count). The molecule has 1 heterocycles. The fraction of sp³-hybridized carbons (Fsp3) is 0.320. The molecular weight excluding hydrogens is 396 g/mol. The van der Waals surface area contributed by atoms with Gasteiger partial charge >= 0.3 is 0 Å². The van der Waals surface area contributed by atoms with E-state index in [9.17, 15) is 4.79 Å². The van der Waals surface area contributed by atoms with Crippen molar-refractivity contribution in [2.24, 2.45) is 0 Å². The second-order valence-corrected chi connectivity index (χ2v) is 8.29. The number of carbonyl (C=O) groups excluding carboxylic acids is 1. The summed E-state index contributed by atoms with van der Waals surface area (Å²) in [7, 11) is 0. The average Bonchev–Trinajstić information content (AvgIpc) is 2.77. The third kappa shape index (κ3) is 5.01. The Labute approximate surface area is 182 Å². The Hall–Kier alpha value is -2.40. The minimum Gasteiger partial charge on any atom is -0.365 e. The summed E-state index contributed by atoms with van der Waals surface area (Å²) < 4.78 is 5.79. The van der Waals surface area contributed by atoms with Gasteiger partial charge in [0.25, 0.3) is 0 Å². The highest BCUT2D eigenvalue weighted by molar-refractivity contribution is 6.30. The van der Waals surface area contributed by atoms with E-state index in [1.165, 1.54) is 16.3 Å². The lowest BCUT2D eigenvalue weighted by Crippen LogP contribution is -2.50. The zero-order chi connectivity index (χ0) is 20.9. The number of hydrogen-bond donors (Lipinski definition) is 1. The molecule has 2 atom stereocenters. The number of ether oxygens (including phenoxy) is 1. The molecule has 1 aliphatic rings. The summed E-state index contributed by atoms with van der Waals surface area (Å²) in [5.41, 5.74) is 2.42. The number of hydrogen-bond acceptors (Lipinski definition) is 3. The maximum atomic E-state index is 12.3. The Morgan fingerprint density at radius 3 is 2.80 bits per heavy atom. The number of amides is 1. The van der Waals surface area contributed by atoms with Crippen LogP contribution in [0.3, 0.4) is 0 Å². The minimum absolute atomic E-state index is 0.0144. The van der Waals surface area contributed by atoms with Gasteiger partial charge in [-0.25, -0.2) is 0 Å². The largest absolute Gasteiger partial charge is 0.365 e. The summed E-state index contributed by atoms with van der Waals surface area (Å²) >= 11 is 6.07. The number of morpholine rings is 1. The summed E-state index contributed by atoms with van der Waals surface area (Å²) in [5.74, 6) is 0.0513. The summed E-state index contributed by atoms with van der Waals surface area (Å²) in [6.07, 6.45) is 0.776. The lowest BCUT2D eigenvalue weighted by molar-refractivity contribution is -0.148. The topological polar surface area (TPSA) is 41.6 Å². The van der Waals surface area contributed by atoms with Crippen LogP contribution in [0.15, 0.2) is 66.7 Å². The second-order valence-electron chi connectivity index (χ2n) is 7.85. The van der Waals surface area contributed by atoms with Crippen molar-refractivity contribution in [2.45, 2.75) is 25.5 Å². The van der Waals surface area contributed by atoms with Crippen LogP contribution in [0, 0.1) is 0 Å². The van der Waals surface area contributed by atoms with E-state index in [1.54, 1.807) is 0 Å². The summed E-state index contributed by atoms with van der Waals surface area (Å²) in [4.78, 5) is 14.2. The van der Waals surface area contributed by atoms with Gasteiger partial charge in [-0.3, -0.25) is 4.79 Å². The van der Waals surface area contributed by atoms with E-state index in [0.717, 1.165) is 17.0 Å². The molecule has 5 heteroatoms. The Morgan fingerprint density at radius 2 is 1.93 bits per heavy atom. The summed E-state index contributed by atoms with van der Waals surface area (Å²) in [5, 5.41) is 6.84. The molecule has 0 bridgehead atoms. The molecule has 4 nitrogen and oxygen atoms in total. The van der Waals surface area contributed by atoms with E-state index in [1.807, 2.05) is 29.2 Å². The number of nitrogens with one attached hydrogen (secondary N) is 1. The Kier molecular flexibility index (Phi) is 6.68. The molecule has 1 unspecified atom stereocenters. The number of nitrogens with zero attached hydrogens (tertiary/aromatic N) is 1. The third-order valence-corrected chi connectivity index (χ3v) is 5.96. The number of fused-ring (bicyclic) bond motifs is 1. The van der Waals surface area contributed by atoms with Gasteiger partial charge in [-0.15, -0.1) is 0 Å². The standard InChI is InChI=1S/C25H27ClN2O2/c1-18(23-11-5-8-20-7-2-3-10-24(20)23)27-15-22-16-28(25(29)17-30-22)13-12-19-6-4-9-21(26)14-19/h2-11,14,18,22,27H,12-13,15-17H2,1H3/t18-,22?/m1/s1. The first kappa shape index (κ1) is 20.9. The smallest absolute Gasteiger partial charge is 0.248 e. The van der Waals surface area contributed by atoms with Crippen molar-refractivity contribution < 1.29 is 9.53 Å². The van der Waals surface area contributed by atoms with E-state index >= 15 is 0 Å². The molecule has 0 aliphatic carbocycles. The van der Waals surface area contributed by atoms with Gasteiger partial charge in [0.1, 0.15) is 6.61 Å². The first-order valence-electron chi connectivity index (χ1n) is 10.4. The monoisotopic (exact) mass is 422 g/mol.